The lowest BCUT2D eigenvalue weighted by Crippen LogP contribution is -2.04. The minimum absolute atomic E-state index is 0.0600. The average molecular weight is 404 g/mol. The first-order chi connectivity index (χ1) is 13.0. The fourth-order valence-corrected chi connectivity index (χ4v) is 3.39. The van der Waals surface area contributed by atoms with Crippen molar-refractivity contribution < 1.29 is 22.5 Å². The highest BCUT2D eigenvalue weighted by molar-refractivity contribution is 7.85. The van der Waals surface area contributed by atoms with Gasteiger partial charge in [0, 0.05) is 12.2 Å². The molecule has 0 aliphatic rings. The van der Waals surface area contributed by atoms with Crippen molar-refractivity contribution in [2.45, 2.75) is 103 Å². The number of allylic oxidation sites excluding steroid dienone is 2. The number of carbonyl (C=O) groups excluding carboxylic acids is 1. The van der Waals surface area contributed by atoms with Crippen molar-refractivity contribution in [3.63, 3.8) is 0 Å². The second kappa shape index (κ2) is 18.5. The summed E-state index contributed by atoms with van der Waals surface area (Å²) in [4.78, 5) is 11.3. The lowest BCUT2D eigenvalue weighted by molar-refractivity contribution is -0.143. The predicted molar refractivity (Wildman–Crippen MR) is 110 cm³/mol. The summed E-state index contributed by atoms with van der Waals surface area (Å²) in [6, 6.07) is 0. The zero-order valence-corrected chi connectivity index (χ0v) is 17.9. The number of ether oxygens (including phenoxy) is 1. The summed E-state index contributed by atoms with van der Waals surface area (Å²) in [5, 5.41) is 0. The quantitative estimate of drug-likeness (QED) is 0.123. The molecule has 0 saturated heterocycles. The molecule has 0 aromatic rings. The van der Waals surface area contributed by atoms with Crippen molar-refractivity contribution in [2.24, 2.45) is 0 Å². The van der Waals surface area contributed by atoms with Crippen LogP contribution in [0.3, 0.4) is 0 Å². The van der Waals surface area contributed by atoms with Crippen LogP contribution < -0.4 is 0 Å². The molecular weight excluding hydrogens is 364 g/mol. The minimum atomic E-state index is -4.03. The number of esters is 1. The van der Waals surface area contributed by atoms with Crippen LogP contribution in [0.1, 0.15) is 103 Å². The third-order valence-electron chi connectivity index (χ3n) is 4.40. The molecule has 0 spiro atoms. The van der Waals surface area contributed by atoms with E-state index in [9.17, 15) is 17.8 Å². The fraction of sp³-hybridized carbons (Fsp3) is 0.857. The Morgan fingerprint density at radius 1 is 0.815 bits per heavy atom. The molecule has 0 aromatic heterocycles. The molecule has 160 valence electrons. The van der Waals surface area contributed by atoms with Crippen molar-refractivity contribution in [1.29, 1.82) is 0 Å². The van der Waals surface area contributed by atoms with Gasteiger partial charge in [0.15, 0.2) is 0 Å². The van der Waals surface area contributed by atoms with Gasteiger partial charge in [-0.2, -0.15) is 0 Å². The number of rotatable bonds is 19. The first-order valence-electron chi connectivity index (χ1n) is 10.7. The van der Waals surface area contributed by atoms with Gasteiger partial charge in [-0.15, -0.1) is 0 Å². The van der Waals surface area contributed by atoms with E-state index in [1.165, 1.54) is 25.7 Å². The van der Waals surface area contributed by atoms with Crippen LogP contribution in [0.4, 0.5) is 0 Å². The normalized spacial score (nSPS) is 11.9. The number of carbonyl (C=O) groups is 1. The van der Waals surface area contributed by atoms with Gasteiger partial charge in [-0.25, -0.2) is 8.42 Å². The van der Waals surface area contributed by atoms with Crippen LogP contribution in [-0.2, 0) is 19.6 Å². The maximum Gasteiger partial charge on any atom is 0.305 e. The molecule has 0 aliphatic heterocycles. The van der Waals surface area contributed by atoms with Crippen molar-refractivity contribution in [3.05, 3.63) is 12.2 Å². The molecule has 0 rings (SSSR count). The van der Waals surface area contributed by atoms with E-state index in [0.29, 0.717) is 19.4 Å². The molecule has 0 heterocycles. The van der Waals surface area contributed by atoms with Gasteiger partial charge in [0.25, 0.3) is 0 Å². The molecule has 6 heteroatoms. The smallest absolute Gasteiger partial charge is 0.305 e. The number of hydrogen-bond donors (Lipinski definition) is 0. The first-order valence-corrected chi connectivity index (χ1v) is 12.3. The Labute approximate surface area is 166 Å². The van der Waals surface area contributed by atoms with E-state index in [2.05, 4.69) is 12.2 Å². The lowest BCUT2D eigenvalue weighted by Gasteiger charge is -2.05. The zero-order valence-electron chi connectivity index (χ0n) is 17.1. The molecule has 0 bridgehead atoms. The Balaban J connectivity index is 3.22. The molecule has 5 nitrogen and oxygen atoms in total. The monoisotopic (exact) mass is 403 g/mol. The summed E-state index contributed by atoms with van der Waals surface area (Å²) in [6.45, 7) is 2.54. The maximum absolute atomic E-state index is 11.3. The summed E-state index contributed by atoms with van der Waals surface area (Å²) in [5.74, 6) is -0.281. The van der Waals surface area contributed by atoms with Gasteiger partial charge in [0.1, 0.15) is 0 Å². The topological polar surface area (TPSA) is 83.5 Å². The van der Waals surface area contributed by atoms with Gasteiger partial charge in [0.2, 0.25) is 0 Å². The molecule has 0 radical (unpaired) electrons. The van der Waals surface area contributed by atoms with E-state index < -0.39 is 10.1 Å². The fourth-order valence-electron chi connectivity index (χ4n) is 2.83. The second-order valence-corrected chi connectivity index (χ2v) is 8.69. The third-order valence-corrected chi connectivity index (χ3v) is 5.19. The van der Waals surface area contributed by atoms with Gasteiger partial charge in [-0.3, -0.25) is 4.79 Å². The Bertz CT molecular complexity index is 471. The summed E-state index contributed by atoms with van der Waals surface area (Å²) in [7, 11) is -4.03. The van der Waals surface area contributed by atoms with Crippen molar-refractivity contribution in [1.82, 2.24) is 0 Å². The van der Waals surface area contributed by atoms with Crippen molar-refractivity contribution in [2.75, 3.05) is 12.4 Å². The van der Waals surface area contributed by atoms with Crippen LogP contribution in [0.2, 0.25) is 0 Å². The van der Waals surface area contributed by atoms with Gasteiger partial charge in [-0.05, 0) is 44.9 Å². The number of unbranched alkanes of at least 4 members (excludes halogenated alkanes) is 11. The average Bonchev–Trinajstić information content (AvgIpc) is 2.61. The van der Waals surface area contributed by atoms with E-state index in [4.69, 9.17) is 4.74 Å². The third kappa shape index (κ3) is 23.1. The molecule has 0 N–H and O–H groups in total. The van der Waals surface area contributed by atoms with Crippen LogP contribution in [-0.4, -0.2) is 31.3 Å². The Morgan fingerprint density at radius 3 is 1.81 bits per heavy atom. The molecule has 0 atom stereocenters. The van der Waals surface area contributed by atoms with Gasteiger partial charge in [0.05, 0.1) is 16.7 Å². The van der Waals surface area contributed by atoms with Gasteiger partial charge in [-0.1, -0.05) is 64.0 Å². The molecule has 0 aromatic carbocycles. The lowest BCUT2D eigenvalue weighted by atomic mass is 10.1. The highest BCUT2D eigenvalue weighted by Crippen LogP contribution is 2.10. The van der Waals surface area contributed by atoms with Crippen LogP contribution in [0.25, 0.3) is 0 Å². The molecule has 0 fully saturated rings. The molecular formula is C21H39O5S-. The van der Waals surface area contributed by atoms with Crippen LogP contribution >= 0.6 is 0 Å². The summed E-state index contributed by atoms with van der Waals surface area (Å²) in [6.07, 6.45) is 19.6. The van der Waals surface area contributed by atoms with Crippen LogP contribution in [0.15, 0.2) is 12.2 Å². The largest absolute Gasteiger partial charge is 0.748 e. The van der Waals surface area contributed by atoms with E-state index in [-0.39, 0.29) is 11.7 Å². The van der Waals surface area contributed by atoms with Crippen LogP contribution in [0.5, 0.6) is 0 Å². The highest BCUT2D eigenvalue weighted by atomic mass is 32.2. The Hall–Kier alpha value is -0.880. The standard InChI is InChI=1S/C21H40O5S/c1-2-19-26-21(22)18-16-14-12-10-8-6-4-3-5-7-9-11-13-15-17-20-27(23,24)25/h3-4H,2,5-20H2,1H3,(H,23,24,25)/p-1/b4-3-. The highest BCUT2D eigenvalue weighted by Gasteiger charge is 2.01. The van der Waals surface area contributed by atoms with E-state index in [1.807, 2.05) is 6.92 Å². The maximum atomic E-state index is 11.3. The van der Waals surface area contributed by atoms with E-state index in [0.717, 1.165) is 57.8 Å². The molecule has 0 unspecified atom stereocenters. The summed E-state index contributed by atoms with van der Waals surface area (Å²) in [5.41, 5.74) is 0. The minimum Gasteiger partial charge on any atom is -0.748 e. The predicted octanol–water partition coefficient (Wildman–Crippen LogP) is 5.50. The zero-order chi connectivity index (χ0) is 20.2. The Morgan fingerprint density at radius 2 is 1.30 bits per heavy atom. The van der Waals surface area contributed by atoms with E-state index >= 15 is 0 Å². The molecule has 0 saturated carbocycles. The number of hydrogen-bond acceptors (Lipinski definition) is 5. The van der Waals surface area contributed by atoms with E-state index in [1.54, 1.807) is 0 Å². The SMILES string of the molecule is CCCOC(=O)CCCCCCC/C=C\CCCCCCCCS(=O)(=O)[O-]. The molecule has 27 heavy (non-hydrogen) atoms. The van der Waals surface area contributed by atoms with Crippen molar-refractivity contribution >= 4 is 16.1 Å². The first kappa shape index (κ1) is 26.1. The Kier molecular flexibility index (Phi) is 17.9. The molecule has 0 amide bonds. The van der Waals surface area contributed by atoms with Crippen LogP contribution in [0, 0.1) is 0 Å². The summed E-state index contributed by atoms with van der Waals surface area (Å²) < 4.78 is 36.4. The molecule has 0 aliphatic carbocycles. The van der Waals surface area contributed by atoms with Gasteiger partial charge >= 0.3 is 5.97 Å². The second-order valence-electron chi connectivity index (χ2n) is 7.17. The van der Waals surface area contributed by atoms with Gasteiger partial charge < -0.3 is 9.29 Å². The van der Waals surface area contributed by atoms with Crippen molar-refractivity contribution in [3.8, 4) is 0 Å². The summed E-state index contributed by atoms with van der Waals surface area (Å²) >= 11 is 0.